The third kappa shape index (κ3) is 3.13. The van der Waals surface area contributed by atoms with Gasteiger partial charge in [0.05, 0.1) is 0 Å². The van der Waals surface area contributed by atoms with E-state index in [9.17, 15) is 4.39 Å². The van der Waals surface area contributed by atoms with Crippen LogP contribution in [0, 0.1) is 5.82 Å². The van der Waals surface area contributed by atoms with E-state index < -0.39 is 0 Å². The number of aryl methyl sites for hydroxylation is 1. The molecule has 0 aliphatic rings. The Kier molecular flexibility index (Phi) is 4.04. The average Bonchev–Trinajstić information content (AvgIpc) is 2.75. The van der Waals surface area contributed by atoms with Crippen molar-refractivity contribution < 1.29 is 4.39 Å². The van der Waals surface area contributed by atoms with E-state index in [-0.39, 0.29) is 11.9 Å². The molecule has 0 radical (unpaired) electrons. The second kappa shape index (κ2) is 5.73. The van der Waals surface area contributed by atoms with E-state index in [1.165, 1.54) is 6.07 Å². The summed E-state index contributed by atoms with van der Waals surface area (Å²) in [6.45, 7) is 2.80. The Morgan fingerprint density at radius 3 is 2.94 bits per heavy atom. The number of hydrogen-bond acceptors (Lipinski definition) is 3. The summed E-state index contributed by atoms with van der Waals surface area (Å²) in [4.78, 5) is 0. The third-order valence-electron chi connectivity index (χ3n) is 2.95. The highest BCUT2D eigenvalue weighted by atomic mass is 19.1. The molecule has 1 unspecified atom stereocenters. The van der Waals surface area contributed by atoms with E-state index in [0.717, 1.165) is 24.4 Å². The van der Waals surface area contributed by atoms with Crippen molar-refractivity contribution in [1.29, 1.82) is 0 Å². The summed E-state index contributed by atoms with van der Waals surface area (Å²) in [6.07, 6.45) is 2.49. The lowest BCUT2D eigenvalue weighted by Gasteiger charge is -2.14. The Hall–Kier alpha value is -1.75. The molecule has 1 aromatic heterocycles. The minimum atomic E-state index is -0.200. The molecule has 2 aromatic rings. The highest BCUT2D eigenvalue weighted by Crippen LogP contribution is 2.13. The number of rotatable bonds is 5. The summed E-state index contributed by atoms with van der Waals surface area (Å²) in [5.41, 5.74) is 0.952. The van der Waals surface area contributed by atoms with Gasteiger partial charge in [0.2, 0.25) is 0 Å². The number of aromatic nitrogens is 3. The average molecular weight is 248 g/mol. The predicted octanol–water partition coefficient (Wildman–Crippen LogP) is 1.85. The molecule has 0 saturated carbocycles. The molecule has 0 fully saturated rings. The van der Waals surface area contributed by atoms with Gasteiger partial charge in [0.15, 0.2) is 0 Å². The van der Waals surface area contributed by atoms with E-state index in [1.54, 1.807) is 18.5 Å². The maximum Gasteiger partial charge on any atom is 0.133 e. The van der Waals surface area contributed by atoms with Crippen molar-refractivity contribution in [3.05, 3.63) is 47.8 Å². The van der Waals surface area contributed by atoms with E-state index in [0.29, 0.717) is 0 Å². The smallest absolute Gasteiger partial charge is 0.133 e. The first kappa shape index (κ1) is 12.7. The highest BCUT2D eigenvalue weighted by Gasteiger charge is 2.06. The Morgan fingerprint density at radius 1 is 1.44 bits per heavy atom. The Labute approximate surface area is 106 Å². The minimum absolute atomic E-state index is 0.119. The summed E-state index contributed by atoms with van der Waals surface area (Å²) < 4.78 is 15.0. The van der Waals surface area contributed by atoms with Crippen LogP contribution in [0.2, 0.25) is 0 Å². The first-order valence-electron chi connectivity index (χ1n) is 5.98. The topological polar surface area (TPSA) is 42.7 Å². The molecule has 18 heavy (non-hydrogen) atoms. The van der Waals surface area contributed by atoms with Gasteiger partial charge < -0.3 is 9.88 Å². The quantitative estimate of drug-likeness (QED) is 0.878. The molecule has 0 aliphatic heterocycles. The molecule has 0 saturated heterocycles. The molecule has 1 atom stereocenters. The zero-order chi connectivity index (χ0) is 13.0. The Bertz CT molecular complexity index is 509. The maximum atomic E-state index is 13.1. The van der Waals surface area contributed by atoms with Crippen LogP contribution in [0.15, 0.2) is 30.6 Å². The fraction of sp³-hybridized carbons (Fsp3) is 0.385. The Morgan fingerprint density at radius 2 is 2.28 bits per heavy atom. The van der Waals surface area contributed by atoms with Crippen molar-refractivity contribution in [3.63, 3.8) is 0 Å². The zero-order valence-electron chi connectivity index (χ0n) is 10.6. The van der Waals surface area contributed by atoms with Crippen molar-refractivity contribution in [3.8, 4) is 0 Å². The molecular weight excluding hydrogens is 231 g/mol. The molecule has 1 N–H and O–H groups in total. The molecule has 5 heteroatoms. The number of nitrogens with zero attached hydrogens (tertiary/aromatic N) is 3. The van der Waals surface area contributed by atoms with Gasteiger partial charge in [-0.05, 0) is 24.6 Å². The fourth-order valence-corrected chi connectivity index (χ4v) is 1.83. The molecular formula is C13H17FN4. The van der Waals surface area contributed by atoms with E-state index in [4.69, 9.17) is 0 Å². The molecule has 0 spiro atoms. The largest absolute Gasteiger partial charge is 0.321 e. The van der Waals surface area contributed by atoms with Crippen LogP contribution in [0.25, 0.3) is 0 Å². The molecule has 2 rings (SSSR count). The lowest BCUT2D eigenvalue weighted by molar-refractivity contribution is 0.557. The number of halogens is 1. The summed E-state index contributed by atoms with van der Waals surface area (Å²) >= 11 is 0. The number of benzene rings is 1. The third-order valence-corrected chi connectivity index (χ3v) is 2.95. The molecule has 4 nitrogen and oxygen atoms in total. The summed E-state index contributed by atoms with van der Waals surface area (Å²) in [7, 11) is 1.92. The second-order valence-electron chi connectivity index (χ2n) is 4.34. The van der Waals surface area contributed by atoms with Gasteiger partial charge in [-0.3, -0.25) is 0 Å². The van der Waals surface area contributed by atoms with Crippen LogP contribution < -0.4 is 5.32 Å². The SMILES string of the molecule is CC(NCCc1nncn1C)c1cccc(F)c1. The van der Waals surface area contributed by atoms with Gasteiger partial charge in [0, 0.05) is 26.1 Å². The highest BCUT2D eigenvalue weighted by molar-refractivity contribution is 5.19. The van der Waals surface area contributed by atoms with Crippen LogP contribution in [0.3, 0.4) is 0 Å². The van der Waals surface area contributed by atoms with Crippen LogP contribution in [-0.4, -0.2) is 21.3 Å². The molecule has 0 amide bonds. The maximum absolute atomic E-state index is 13.1. The zero-order valence-corrected chi connectivity index (χ0v) is 10.6. The van der Waals surface area contributed by atoms with Gasteiger partial charge in [0.1, 0.15) is 18.0 Å². The summed E-state index contributed by atoms with van der Waals surface area (Å²) in [5.74, 6) is 0.739. The van der Waals surface area contributed by atoms with Crippen LogP contribution in [0.5, 0.6) is 0 Å². The molecule has 1 heterocycles. The van der Waals surface area contributed by atoms with Crippen LogP contribution in [0.4, 0.5) is 4.39 Å². The number of hydrogen-bond donors (Lipinski definition) is 1. The lowest BCUT2D eigenvalue weighted by Crippen LogP contribution is -2.22. The Balaban J connectivity index is 1.85. The van der Waals surface area contributed by atoms with Gasteiger partial charge in [0.25, 0.3) is 0 Å². The van der Waals surface area contributed by atoms with E-state index >= 15 is 0 Å². The van der Waals surface area contributed by atoms with Crippen molar-refractivity contribution in [2.24, 2.45) is 7.05 Å². The first-order valence-corrected chi connectivity index (χ1v) is 5.98. The summed E-state index contributed by atoms with van der Waals surface area (Å²) in [5, 5.41) is 11.2. The minimum Gasteiger partial charge on any atom is -0.321 e. The van der Waals surface area contributed by atoms with Crippen molar-refractivity contribution in [1.82, 2.24) is 20.1 Å². The molecule has 1 aromatic carbocycles. The van der Waals surface area contributed by atoms with E-state index in [1.807, 2.05) is 24.6 Å². The fourth-order valence-electron chi connectivity index (χ4n) is 1.83. The molecule has 0 aliphatic carbocycles. The van der Waals surface area contributed by atoms with Gasteiger partial charge in [-0.2, -0.15) is 0 Å². The monoisotopic (exact) mass is 248 g/mol. The van der Waals surface area contributed by atoms with Gasteiger partial charge >= 0.3 is 0 Å². The van der Waals surface area contributed by atoms with Gasteiger partial charge in [-0.25, -0.2) is 4.39 Å². The van der Waals surface area contributed by atoms with Gasteiger partial charge in [-0.15, -0.1) is 10.2 Å². The molecule has 96 valence electrons. The normalized spacial score (nSPS) is 12.6. The lowest BCUT2D eigenvalue weighted by atomic mass is 10.1. The van der Waals surface area contributed by atoms with Crippen molar-refractivity contribution >= 4 is 0 Å². The second-order valence-corrected chi connectivity index (χ2v) is 4.34. The molecule has 0 bridgehead atoms. The number of nitrogens with one attached hydrogen (secondary N) is 1. The van der Waals surface area contributed by atoms with Crippen LogP contribution in [0.1, 0.15) is 24.4 Å². The summed E-state index contributed by atoms with van der Waals surface area (Å²) in [6, 6.07) is 6.78. The van der Waals surface area contributed by atoms with Crippen molar-refractivity contribution in [2.45, 2.75) is 19.4 Å². The van der Waals surface area contributed by atoms with Crippen LogP contribution >= 0.6 is 0 Å². The van der Waals surface area contributed by atoms with Crippen molar-refractivity contribution in [2.75, 3.05) is 6.54 Å². The first-order chi connectivity index (χ1) is 8.66. The van der Waals surface area contributed by atoms with E-state index in [2.05, 4.69) is 15.5 Å². The van der Waals surface area contributed by atoms with Gasteiger partial charge in [-0.1, -0.05) is 12.1 Å². The predicted molar refractivity (Wildman–Crippen MR) is 67.5 cm³/mol. The van der Waals surface area contributed by atoms with Crippen LogP contribution in [-0.2, 0) is 13.5 Å². The standard InChI is InChI=1S/C13H17FN4/c1-10(11-4-3-5-12(14)8-11)15-7-6-13-17-16-9-18(13)2/h3-5,8-10,15H,6-7H2,1-2H3.